The van der Waals surface area contributed by atoms with E-state index < -0.39 is 17.9 Å². The Bertz CT molecular complexity index is 758. The van der Waals surface area contributed by atoms with Crippen molar-refractivity contribution >= 4 is 22.8 Å². The number of hydrogen-bond donors (Lipinski definition) is 2. The molecule has 0 aliphatic carbocycles. The van der Waals surface area contributed by atoms with Gasteiger partial charge in [-0.25, -0.2) is 0 Å². The highest BCUT2D eigenvalue weighted by Gasteiger charge is 2.22. The summed E-state index contributed by atoms with van der Waals surface area (Å²) >= 11 is 0. The summed E-state index contributed by atoms with van der Waals surface area (Å²) in [7, 11) is 1.58. The fraction of sp³-hybridized carbons (Fsp3) is 0.353. The summed E-state index contributed by atoms with van der Waals surface area (Å²) < 4.78 is 5.17. The smallest absolute Gasteiger partial charge is 0.308 e. The van der Waals surface area contributed by atoms with E-state index in [-0.39, 0.29) is 5.91 Å². The minimum Gasteiger partial charge on any atom is -0.497 e. The number of benzene rings is 1. The molecule has 23 heavy (non-hydrogen) atoms. The molecule has 122 valence electrons. The molecule has 2 N–H and O–H groups in total. The van der Waals surface area contributed by atoms with Crippen LogP contribution in [-0.4, -0.2) is 35.1 Å². The number of nitrogens with zero attached hydrogens (tertiary/aromatic N) is 1. The number of aromatic nitrogens is 1. The Morgan fingerprint density at radius 3 is 2.57 bits per heavy atom. The second-order valence-electron chi connectivity index (χ2n) is 5.57. The standard InChI is InChI=1S/C17H20N2O4/c1-9(17(21)22)10(2)19-16(20)14-7-12-5-6-13(23-4)8-15(12)18-11(14)3/h5-10H,1-4H3,(H,19,20)(H,21,22). The van der Waals surface area contributed by atoms with Gasteiger partial charge in [0.05, 0.1) is 29.8 Å². The molecule has 0 spiro atoms. The van der Waals surface area contributed by atoms with Crippen LogP contribution in [0.3, 0.4) is 0 Å². The van der Waals surface area contributed by atoms with Gasteiger partial charge in [-0.15, -0.1) is 0 Å². The van der Waals surface area contributed by atoms with Gasteiger partial charge in [0.2, 0.25) is 0 Å². The van der Waals surface area contributed by atoms with Crippen molar-refractivity contribution in [3.05, 3.63) is 35.5 Å². The molecule has 1 heterocycles. The maximum atomic E-state index is 12.4. The van der Waals surface area contributed by atoms with Gasteiger partial charge < -0.3 is 15.2 Å². The van der Waals surface area contributed by atoms with Gasteiger partial charge in [-0.2, -0.15) is 0 Å². The summed E-state index contributed by atoms with van der Waals surface area (Å²) in [5.74, 6) is -1.24. The molecule has 0 aliphatic rings. The predicted octanol–water partition coefficient (Wildman–Crippen LogP) is 2.39. The normalized spacial score (nSPS) is 13.4. The summed E-state index contributed by atoms with van der Waals surface area (Å²) in [6.45, 7) is 4.98. The lowest BCUT2D eigenvalue weighted by Crippen LogP contribution is -2.40. The highest BCUT2D eigenvalue weighted by molar-refractivity contribution is 5.99. The Morgan fingerprint density at radius 1 is 1.26 bits per heavy atom. The van der Waals surface area contributed by atoms with Crippen molar-refractivity contribution in [1.82, 2.24) is 10.3 Å². The molecule has 2 atom stereocenters. The molecule has 0 aliphatic heterocycles. The van der Waals surface area contributed by atoms with Crippen LogP contribution < -0.4 is 10.1 Å². The van der Waals surface area contributed by atoms with E-state index in [4.69, 9.17) is 9.84 Å². The number of carboxylic acid groups (broad SMARTS) is 1. The van der Waals surface area contributed by atoms with Crippen molar-refractivity contribution < 1.29 is 19.4 Å². The topological polar surface area (TPSA) is 88.5 Å². The number of amides is 1. The highest BCUT2D eigenvalue weighted by Crippen LogP contribution is 2.22. The zero-order valence-corrected chi connectivity index (χ0v) is 13.6. The molecule has 1 aromatic carbocycles. The highest BCUT2D eigenvalue weighted by atomic mass is 16.5. The second kappa shape index (κ2) is 6.64. The van der Waals surface area contributed by atoms with Gasteiger partial charge in [0, 0.05) is 17.5 Å². The number of ether oxygens (including phenoxy) is 1. The fourth-order valence-electron chi connectivity index (χ4n) is 2.22. The Hall–Kier alpha value is -2.63. The monoisotopic (exact) mass is 316 g/mol. The summed E-state index contributed by atoms with van der Waals surface area (Å²) in [5, 5.41) is 12.5. The van der Waals surface area contributed by atoms with Crippen LogP contribution in [-0.2, 0) is 4.79 Å². The fourth-order valence-corrected chi connectivity index (χ4v) is 2.22. The van der Waals surface area contributed by atoms with E-state index in [0.717, 1.165) is 10.9 Å². The molecule has 0 radical (unpaired) electrons. The lowest BCUT2D eigenvalue weighted by Gasteiger charge is -2.18. The lowest BCUT2D eigenvalue weighted by molar-refractivity contribution is -0.141. The summed E-state index contributed by atoms with van der Waals surface area (Å²) in [5.41, 5.74) is 1.76. The molecule has 2 unspecified atom stereocenters. The third kappa shape index (κ3) is 3.59. The van der Waals surface area contributed by atoms with Gasteiger partial charge in [-0.3, -0.25) is 14.6 Å². The molecule has 0 saturated carbocycles. The minimum absolute atomic E-state index is 0.326. The first-order valence-corrected chi connectivity index (χ1v) is 7.32. The number of hydrogen-bond acceptors (Lipinski definition) is 4. The third-order valence-corrected chi connectivity index (χ3v) is 3.96. The summed E-state index contributed by atoms with van der Waals surface area (Å²) in [6.07, 6.45) is 0. The van der Waals surface area contributed by atoms with Crippen molar-refractivity contribution in [3.8, 4) is 5.75 Å². The number of pyridine rings is 1. The number of carboxylic acids is 1. The van der Waals surface area contributed by atoms with Crippen LogP contribution in [0, 0.1) is 12.8 Å². The number of methoxy groups -OCH3 is 1. The molecule has 0 fully saturated rings. The Balaban J connectivity index is 2.30. The first-order valence-electron chi connectivity index (χ1n) is 7.32. The SMILES string of the molecule is COc1ccc2cc(C(=O)NC(C)C(C)C(=O)O)c(C)nc2c1. The quantitative estimate of drug-likeness (QED) is 0.884. The van der Waals surface area contributed by atoms with Gasteiger partial charge in [-0.05, 0) is 39.0 Å². The van der Waals surface area contributed by atoms with E-state index in [9.17, 15) is 9.59 Å². The van der Waals surface area contributed by atoms with Crippen LogP contribution in [0.5, 0.6) is 5.75 Å². The molecule has 0 saturated heterocycles. The number of carbonyl (C=O) groups is 2. The maximum Gasteiger partial charge on any atom is 0.308 e. The van der Waals surface area contributed by atoms with Gasteiger partial charge in [-0.1, -0.05) is 0 Å². The minimum atomic E-state index is -0.946. The van der Waals surface area contributed by atoms with Crippen LogP contribution in [0.1, 0.15) is 29.9 Å². The molecular weight excluding hydrogens is 296 g/mol. The average Bonchev–Trinajstić information content (AvgIpc) is 2.52. The number of nitrogens with one attached hydrogen (secondary N) is 1. The summed E-state index contributed by atoms with van der Waals surface area (Å²) in [6, 6.07) is 6.71. The van der Waals surface area contributed by atoms with Crippen LogP contribution >= 0.6 is 0 Å². The third-order valence-electron chi connectivity index (χ3n) is 3.96. The number of aryl methyl sites for hydroxylation is 1. The van der Waals surface area contributed by atoms with Crippen molar-refractivity contribution in [2.75, 3.05) is 7.11 Å². The molecule has 0 bridgehead atoms. The second-order valence-corrected chi connectivity index (χ2v) is 5.57. The van der Waals surface area contributed by atoms with Gasteiger partial charge in [0.15, 0.2) is 0 Å². The van der Waals surface area contributed by atoms with E-state index in [2.05, 4.69) is 10.3 Å². The van der Waals surface area contributed by atoms with Crippen molar-refractivity contribution in [2.45, 2.75) is 26.8 Å². The first kappa shape index (κ1) is 16.7. The summed E-state index contributed by atoms with van der Waals surface area (Å²) in [4.78, 5) is 27.8. The molecule has 6 heteroatoms. The van der Waals surface area contributed by atoms with Crippen molar-refractivity contribution in [1.29, 1.82) is 0 Å². The molecular formula is C17H20N2O4. The van der Waals surface area contributed by atoms with Crippen molar-refractivity contribution in [2.24, 2.45) is 5.92 Å². The Labute approximate surface area is 134 Å². The van der Waals surface area contributed by atoms with Crippen molar-refractivity contribution in [3.63, 3.8) is 0 Å². The van der Waals surface area contributed by atoms with E-state index in [1.54, 1.807) is 46.1 Å². The van der Waals surface area contributed by atoms with E-state index >= 15 is 0 Å². The number of aliphatic carboxylic acids is 1. The lowest BCUT2D eigenvalue weighted by atomic mass is 10.0. The zero-order valence-electron chi connectivity index (χ0n) is 13.6. The van der Waals surface area contributed by atoms with E-state index in [1.165, 1.54) is 0 Å². The number of fused-ring (bicyclic) bond motifs is 1. The number of carbonyl (C=O) groups excluding carboxylic acids is 1. The largest absolute Gasteiger partial charge is 0.497 e. The number of rotatable bonds is 5. The molecule has 2 rings (SSSR count). The van der Waals surface area contributed by atoms with Crippen LogP contribution in [0.15, 0.2) is 24.3 Å². The molecule has 1 amide bonds. The van der Waals surface area contributed by atoms with Crippen LogP contribution in [0.2, 0.25) is 0 Å². The van der Waals surface area contributed by atoms with Crippen LogP contribution in [0.4, 0.5) is 0 Å². The van der Waals surface area contributed by atoms with Gasteiger partial charge in [0.1, 0.15) is 5.75 Å². The Morgan fingerprint density at radius 2 is 1.96 bits per heavy atom. The maximum absolute atomic E-state index is 12.4. The molecule has 2 aromatic rings. The Kier molecular flexibility index (Phi) is 4.83. The first-order chi connectivity index (χ1) is 10.8. The van der Waals surface area contributed by atoms with E-state index in [0.29, 0.717) is 17.0 Å². The van der Waals surface area contributed by atoms with Crippen LogP contribution in [0.25, 0.3) is 10.9 Å². The molecule has 1 aromatic heterocycles. The average molecular weight is 316 g/mol. The van der Waals surface area contributed by atoms with Gasteiger partial charge in [0.25, 0.3) is 5.91 Å². The molecule has 6 nitrogen and oxygen atoms in total. The van der Waals surface area contributed by atoms with E-state index in [1.807, 2.05) is 6.07 Å². The predicted molar refractivity (Wildman–Crippen MR) is 86.8 cm³/mol. The zero-order chi connectivity index (χ0) is 17.1. The van der Waals surface area contributed by atoms with Gasteiger partial charge >= 0.3 is 5.97 Å².